The molecule has 1 saturated heterocycles. The summed E-state index contributed by atoms with van der Waals surface area (Å²) < 4.78 is 0. The molecule has 1 fully saturated rings. The van der Waals surface area contributed by atoms with Crippen molar-refractivity contribution >= 4 is 0 Å². The predicted octanol–water partition coefficient (Wildman–Crippen LogP) is 3.05. The van der Waals surface area contributed by atoms with Crippen LogP contribution in [0.1, 0.15) is 54.8 Å². The summed E-state index contributed by atoms with van der Waals surface area (Å²) in [5.74, 6) is 0. The van der Waals surface area contributed by atoms with Gasteiger partial charge in [0.1, 0.15) is 0 Å². The van der Waals surface area contributed by atoms with Gasteiger partial charge in [-0.3, -0.25) is 0 Å². The molecule has 2 heteroatoms. The fourth-order valence-corrected chi connectivity index (χ4v) is 3.51. The van der Waals surface area contributed by atoms with Crippen molar-refractivity contribution in [3.05, 3.63) is 34.9 Å². The average Bonchev–Trinajstić information content (AvgIpc) is 2.48. The SMILES string of the molecule is NC(CN1CCCCC1)c1ccc2c(c1)CCCC2. The predicted molar refractivity (Wildman–Crippen MR) is 80.3 cm³/mol. The Bertz CT molecular complexity index is 421. The largest absolute Gasteiger partial charge is 0.323 e. The minimum absolute atomic E-state index is 0.185. The van der Waals surface area contributed by atoms with Crippen molar-refractivity contribution in [3.8, 4) is 0 Å². The molecule has 1 heterocycles. The van der Waals surface area contributed by atoms with Gasteiger partial charge in [-0.2, -0.15) is 0 Å². The molecule has 0 amide bonds. The van der Waals surface area contributed by atoms with Crippen molar-refractivity contribution in [2.24, 2.45) is 5.73 Å². The lowest BCUT2D eigenvalue weighted by molar-refractivity contribution is 0.216. The molecule has 1 unspecified atom stereocenters. The van der Waals surface area contributed by atoms with E-state index in [9.17, 15) is 0 Å². The quantitative estimate of drug-likeness (QED) is 0.903. The fraction of sp³-hybridized carbons (Fsp3) is 0.647. The number of aryl methyl sites for hydroxylation is 2. The van der Waals surface area contributed by atoms with Crippen LogP contribution < -0.4 is 5.73 Å². The topological polar surface area (TPSA) is 29.3 Å². The highest BCUT2D eigenvalue weighted by atomic mass is 15.1. The second-order valence-corrected chi connectivity index (χ2v) is 6.20. The van der Waals surface area contributed by atoms with Crippen molar-refractivity contribution in [3.63, 3.8) is 0 Å². The van der Waals surface area contributed by atoms with Gasteiger partial charge in [-0.25, -0.2) is 0 Å². The number of likely N-dealkylation sites (tertiary alicyclic amines) is 1. The van der Waals surface area contributed by atoms with Crippen LogP contribution >= 0.6 is 0 Å². The Morgan fingerprint density at radius 1 is 0.947 bits per heavy atom. The third-order valence-corrected chi connectivity index (χ3v) is 4.70. The number of benzene rings is 1. The molecule has 2 aliphatic rings. The zero-order valence-electron chi connectivity index (χ0n) is 11.9. The van der Waals surface area contributed by atoms with Crippen LogP contribution in [0, 0.1) is 0 Å². The molecule has 1 aromatic rings. The summed E-state index contributed by atoms with van der Waals surface area (Å²) in [5, 5.41) is 0. The monoisotopic (exact) mass is 258 g/mol. The highest BCUT2D eigenvalue weighted by Gasteiger charge is 2.16. The van der Waals surface area contributed by atoms with Gasteiger partial charge in [0.25, 0.3) is 0 Å². The van der Waals surface area contributed by atoms with E-state index in [1.165, 1.54) is 63.6 Å². The van der Waals surface area contributed by atoms with E-state index in [4.69, 9.17) is 5.73 Å². The molecular formula is C17H26N2. The van der Waals surface area contributed by atoms with Gasteiger partial charge in [-0.1, -0.05) is 24.6 Å². The van der Waals surface area contributed by atoms with E-state index >= 15 is 0 Å². The molecule has 3 rings (SSSR count). The Morgan fingerprint density at radius 2 is 1.68 bits per heavy atom. The Labute approximate surface area is 117 Å². The molecular weight excluding hydrogens is 232 g/mol. The lowest BCUT2D eigenvalue weighted by Crippen LogP contribution is -2.36. The van der Waals surface area contributed by atoms with Crippen molar-refractivity contribution < 1.29 is 0 Å². The zero-order chi connectivity index (χ0) is 13.1. The summed E-state index contributed by atoms with van der Waals surface area (Å²) in [4.78, 5) is 2.54. The second-order valence-electron chi connectivity index (χ2n) is 6.20. The van der Waals surface area contributed by atoms with Crippen LogP contribution in [0.25, 0.3) is 0 Å². The number of nitrogens with zero attached hydrogens (tertiary/aromatic N) is 1. The lowest BCUT2D eigenvalue weighted by atomic mass is 9.89. The molecule has 0 radical (unpaired) electrons. The second kappa shape index (κ2) is 6.06. The van der Waals surface area contributed by atoms with Crippen molar-refractivity contribution in [2.75, 3.05) is 19.6 Å². The molecule has 104 valence electrons. The first-order valence-electron chi connectivity index (χ1n) is 7.92. The maximum atomic E-state index is 6.42. The Kier molecular flexibility index (Phi) is 4.19. The van der Waals surface area contributed by atoms with E-state index in [-0.39, 0.29) is 6.04 Å². The number of piperidine rings is 1. The van der Waals surface area contributed by atoms with E-state index < -0.39 is 0 Å². The van der Waals surface area contributed by atoms with Crippen LogP contribution in [0.2, 0.25) is 0 Å². The molecule has 0 bridgehead atoms. The molecule has 0 aromatic heterocycles. The summed E-state index contributed by atoms with van der Waals surface area (Å²) in [6.45, 7) is 3.50. The number of nitrogens with two attached hydrogens (primary N) is 1. The minimum Gasteiger partial charge on any atom is -0.323 e. The molecule has 0 saturated carbocycles. The standard InChI is InChI=1S/C17H26N2/c18-17(13-19-10-4-1-5-11-19)16-9-8-14-6-2-3-7-15(14)12-16/h8-9,12,17H,1-7,10-11,13,18H2. The van der Waals surface area contributed by atoms with E-state index in [0.717, 1.165) is 6.54 Å². The van der Waals surface area contributed by atoms with Crippen LogP contribution in [-0.2, 0) is 12.8 Å². The zero-order valence-corrected chi connectivity index (χ0v) is 11.9. The highest BCUT2D eigenvalue weighted by molar-refractivity contribution is 5.35. The maximum Gasteiger partial charge on any atom is 0.0424 e. The Balaban J connectivity index is 1.67. The molecule has 1 atom stereocenters. The van der Waals surface area contributed by atoms with Crippen LogP contribution in [0.3, 0.4) is 0 Å². The molecule has 0 spiro atoms. The van der Waals surface area contributed by atoms with Gasteiger partial charge in [0, 0.05) is 12.6 Å². The van der Waals surface area contributed by atoms with E-state index in [1.807, 2.05) is 0 Å². The molecule has 2 N–H and O–H groups in total. The molecule has 2 nitrogen and oxygen atoms in total. The first-order valence-corrected chi connectivity index (χ1v) is 7.92. The summed E-state index contributed by atoms with van der Waals surface area (Å²) in [5.41, 5.74) is 10.9. The molecule has 1 aliphatic carbocycles. The van der Waals surface area contributed by atoms with Gasteiger partial charge >= 0.3 is 0 Å². The van der Waals surface area contributed by atoms with Crippen LogP contribution in [0.15, 0.2) is 18.2 Å². The van der Waals surface area contributed by atoms with E-state index in [2.05, 4.69) is 23.1 Å². The first-order chi connectivity index (χ1) is 9.33. The maximum absolute atomic E-state index is 6.42. The average molecular weight is 258 g/mol. The van der Waals surface area contributed by atoms with Crippen LogP contribution in [0.4, 0.5) is 0 Å². The fourth-order valence-electron chi connectivity index (χ4n) is 3.51. The number of fused-ring (bicyclic) bond motifs is 1. The van der Waals surface area contributed by atoms with Crippen molar-refractivity contribution in [2.45, 2.75) is 51.0 Å². The number of hydrogen-bond donors (Lipinski definition) is 1. The third-order valence-electron chi connectivity index (χ3n) is 4.70. The third kappa shape index (κ3) is 3.18. The van der Waals surface area contributed by atoms with Crippen LogP contribution in [0.5, 0.6) is 0 Å². The van der Waals surface area contributed by atoms with Gasteiger partial charge in [0.05, 0.1) is 0 Å². The Morgan fingerprint density at radius 3 is 2.47 bits per heavy atom. The molecule has 1 aliphatic heterocycles. The lowest BCUT2D eigenvalue weighted by Gasteiger charge is -2.29. The first kappa shape index (κ1) is 13.1. The Hall–Kier alpha value is -0.860. The summed E-state index contributed by atoms with van der Waals surface area (Å²) >= 11 is 0. The smallest absolute Gasteiger partial charge is 0.0424 e. The van der Waals surface area contributed by atoms with Crippen molar-refractivity contribution in [1.29, 1.82) is 0 Å². The van der Waals surface area contributed by atoms with E-state index in [0.29, 0.717) is 0 Å². The normalized spacial score (nSPS) is 21.9. The summed E-state index contributed by atoms with van der Waals surface area (Å²) in [6, 6.07) is 7.15. The van der Waals surface area contributed by atoms with Gasteiger partial charge in [-0.15, -0.1) is 0 Å². The van der Waals surface area contributed by atoms with Crippen LogP contribution in [-0.4, -0.2) is 24.5 Å². The van der Waals surface area contributed by atoms with E-state index in [1.54, 1.807) is 11.1 Å². The van der Waals surface area contributed by atoms with Gasteiger partial charge in [0.2, 0.25) is 0 Å². The number of hydrogen-bond acceptors (Lipinski definition) is 2. The van der Waals surface area contributed by atoms with Gasteiger partial charge in [-0.05, 0) is 68.3 Å². The van der Waals surface area contributed by atoms with Gasteiger partial charge in [0.15, 0.2) is 0 Å². The summed E-state index contributed by atoms with van der Waals surface area (Å²) in [6.07, 6.45) is 9.29. The minimum atomic E-state index is 0.185. The number of rotatable bonds is 3. The summed E-state index contributed by atoms with van der Waals surface area (Å²) in [7, 11) is 0. The van der Waals surface area contributed by atoms with Gasteiger partial charge < -0.3 is 10.6 Å². The molecule has 1 aromatic carbocycles. The molecule has 19 heavy (non-hydrogen) atoms. The van der Waals surface area contributed by atoms with Crippen molar-refractivity contribution in [1.82, 2.24) is 4.90 Å². The highest BCUT2D eigenvalue weighted by Crippen LogP contribution is 2.25.